The molecule has 3 rings (SSSR count). The lowest BCUT2D eigenvalue weighted by Gasteiger charge is -1.92. The van der Waals surface area contributed by atoms with Crippen molar-refractivity contribution >= 4 is 11.3 Å². The second-order valence-electron chi connectivity index (χ2n) is 3.33. The molecule has 0 saturated carbocycles. The van der Waals surface area contributed by atoms with Crippen LogP contribution in [0, 0.1) is 11.3 Å². The molecule has 3 aromatic heterocycles. The summed E-state index contributed by atoms with van der Waals surface area (Å²) in [6, 6.07) is 5.28. The Morgan fingerprint density at radius 2 is 2.33 bits per heavy atom. The Morgan fingerprint density at radius 3 is 3.11 bits per heavy atom. The SMILES string of the molecule is N#Cc1cc(-c2nc(-c3cncs3)no2)ccn1. The zero-order valence-electron chi connectivity index (χ0n) is 8.94. The molecule has 0 aliphatic heterocycles. The molecule has 86 valence electrons. The topological polar surface area (TPSA) is 88.5 Å². The molecule has 0 aromatic carbocycles. The molecule has 3 aromatic rings. The smallest absolute Gasteiger partial charge is 0.258 e. The van der Waals surface area contributed by atoms with Gasteiger partial charge in [0.15, 0.2) is 0 Å². The molecule has 0 spiro atoms. The van der Waals surface area contributed by atoms with Gasteiger partial charge in [-0.25, -0.2) is 4.98 Å². The van der Waals surface area contributed by atoms with Crippen LogP contribution >= 0.6 is 11.3 Å². The summed E-state index contributed by atoms with van der Waals surface area (Å²) in [6.45, 7) is 0. The van der Waals surface area contributed by atoms with E-state index in [1.54, 1.807) is 23.8 Å². The summed E-state index contributed by atoms with van der Waals surface area (Å²) in [5.74, 6) is 0.847. The van der Waals surface area contributed by atoms with Crippen LogP contribution in [0.25, 0.3) is 22.2 Å². The van der Waals surface area contributed by atoms with Crippen LogP contribution in [0.1, 0.15) is 5.69 Å². The van der Waals surface area contributed by atoms with Gasteiger partial charge in [-0.2, -0.15) is 10.2 Å². The van der Waals surface area contributed by atoms with Crippen molar-refractivity contribution in [1.82, 2.24) is 20.1 Å². The first-order valence-corrected chi connectivity index (χ1v) is 5.84. The fraction of sp³-hybridized carbons (Fsp3) is 0. The standard InChI is InChI=1S/C11H5N5OS/c12-4-8-3-7(1-2-14-8)11-15-10(16-17-11)9-5-13-6-18-9/h1-3,5-6H. The number of pyridine rings is 1. The largest absolute Gasteiger partial charge is 0.334 e. The molecule has 18 heavy (non-hydrogen) atoms. The Bertz CT molecular complexity index is 713. The Labute approximate surface area is 106 Å². The molecule has 0 N–H and O–H groups in total. The van der Waals surface area contributed by atoms with Gasteiger partial charge in [0.25, 0.3) is 5.89 Å². The van der Waals surface area contributed by atoms with Gasteiger partial charge in [0, 0.05) is 18.0 Å². The normalized spacial score (nSPS) is 10.2. The summed E-state index contributed by atoms with van der Waals surface area (Å²) in [5, 5.41) is 12.7. The highest BCUT2D eigenvalue weighted by Gasteiger charge is 2.12. The van der Waals surface area contributed by atoms with Gasteiger partial charge < -0.3 is 4.52 Å². The first kappa shape index (κ1) is 10.6. The maximum absolute atomic E-state index is 8.78. The van der Waals surface area contributed by atoms with Crippen molar-refractivity contribution in [2.45, 2.75) is 0 Å². The Kier molecular flexibility index (Phi) is 2.55. The molecule has 0 saturated heterocycles. The Balaban J connectivity index is 2.01. The predicted molar refractivity (Wildman–Crippen MR) is 63.4 cm³/mol. The molecular formula is C11H5N5OS. The van der Waals surface area contributed by atoms with Crippen LogP contribution in [-0.4, -0.2) is 20.1 Å². The molecule has 0 atom stereocenters. The third-order valence-electron chi connectivity index (χ3n) is 2.20. The summed E-state index contributed by atoms with van der Waals surface area (Å²) in [7, 11) is 0. The van der Waals surface area contributed by atoms with Crippen LogP contribution < -0.4 is 0 Å². The van der Waals surface area contributed by atoms with Crippen molar-refractivity contribution in [1.29, 1.82) is 5.26 Å². The lowest BCUT2D eigenvalue weighted by atomic mass is 10.2. The number of thiazole rings is 1. The minimum absolute atomic E-state index is 0.310. The summed E-state index contributed by atoms with van der Waals surface area (Å²) in [4.78, 5) is 12.9. The first-order chi connectivity index (χ1) is 8.86. The highest BCUT2D eigenvalue weighted by Crippen LogP contribution is 2.24. The third-order valence-corrected chi connectivity index (χ3v) is 2.97. The van der Waals surface area contributed by atoms with Crippen LogP contribution in [-0.2, 0) is 0 Å². The number of nitrogens with zero attached hydrogens (tertiary/aromatic N) is 5. The lowest BCUT2D eigenvalue weighted by molar-refractivity contribution is 0.432. The van der Waals surface area contributed by atoms with E-state index in [4.69, 9.17) is 9.78 Å². The lowest BCUT2D eigenvalue weighted by Crippen LogP contribution is -1.84. The summed E-state index contributed by atoms with van der Waals surface area (Å²) in [6.07, 6.45) is 3.21. The molecule has 0 fully saturated rings. The molecule has 0 bridgehead atoms. The monoisotopic (exact) mass is 255 g/mol. The molecule has 3 heterocycles. The average molecular weight is 255 g/mol. The van der Waals surface area contributed by atoms with Crippen LogP contribution in [0.4, 0.5) is 0 Å². The predicted octanol–water partition coefficient (Wildman–Crippen LogP) is 2.13. The molecule has 0 radical (unpaired) electrons. The third kappa shape index (κ3) is 1.85. The van der Waals surface area contributed by atoms with Gasteiger partial charge in [0.2, 0.25) is 5.82 Å². The molecule has 0 aliphatic rings. The minimum Gasteiger partial charge on any atom is -0.334 e. The van der Waals surface area contributed by atoms with Crippen LogP contribution in [0.5, 0.6) is 0 Å². The van der Waals surface area contributed by atoms with Crippen molar-refractivity contribution in [2.24, 2.45) is 0 Å². The van der Waals surface area contributed by atoms with Gasteiger partial charge in [0.1, 0.15) is 11.8 Å². The number of aromatic nitrogens is 4. The fourth-order valence-corrected chi connectivity index (χ4v) is 1.94. The van der Waals surface area contributed by atoms with E-state index >= 15 is 0 Å². The highest BCUT2D eigenvalue weighted by atomic mass is 32.1. The van der Waals surface area contributed by atoms with Gasteiger partial charge >= 0.3 is 0 Å². The number of hydrogen-bond donors (Lipinski definition) is 0. The van der Waals surface area contributed by atoms with E-state index < -0.39 is 0 Å². The van der Waals surface area contributed by atoms with Crippen molar-refractivity contribution in [3.63, 3.8) is 0 Å². The summed E-state index contributed by atoms with van der Waals surface area (Å²) < 4.78 is 5.15. The fourth-order valence-electron chi connectivity index (χ4n) is 1.39. The van der Waals surface area contributed by atoms with E-state index in [0.29, 0.717) is 23.0 Å². The van der Waals surface area contributed by atoms with Crippen molar-refractivity contribution in [3.05, 3.63) is 35.7 Å². The number of rotatable bonds is 2. The summed E-state index contributed by atoms with van der Waals surface area (Å²) in [5.41, 5.74) is 2.68. The number of hydrogen-bond acceptors (Lipinski definition) is 7. The van der Waals surface area contributed by atoms with Gasteiger partial charge in [-0.15, -0.1) is 11.3 Å². The molecule has 0 unspecified atom stereocenters. The molecular weight excluding hydrogens is 250 g/mol. The van der Waals surface area contributed by atoms with E-state index in [2.05, 4.69) is 20.1 Å². The zero-order valence-corrected chi connectivity index (χ0v) is 9.76. The molecule has 0 aliphatic carbocycles. The zero-order chi connectivity index (χ0) is 12.4. The second kappa shape index (κ2) is 4.35. The van der Waals surface area contributed by atoms with E-state index in [0.717, 1.165) is 4.88 Å². The first-order valence-electron chi connectivity index (χ1n) is 4.96. The molecule has 6 nitrogen and oxygen atoms in total. The van der Waals surface area contributed by atoms with Gasteiger partial charge in [-0.1, -0.05) is 5.16 Å². The molecule has 0 amide bonds. The maximum atomic E-state index is 8.78. The van der Waals surface area contributed by atoms with Crippen LogP contribution in [0.2, 0.25) is 0 Å². The van der Waals surface area contributed by atoms with Crippen LogP contribution in [0.15, 0.2) is 34.6 Å². The maximum Gasteiger partial charge on any atom is 0.258 e. The Morgan fingerprint density at radius 1 is 1.39 bits per heavy atom. The Hall–Kier alpha value is -2.59. The van der Waals surface area contributed by atoms with Gasteiger partial charge in [0.05, 0.1) is 10.4 Å². The minimum atomic E-state index is 0.310. The van der Waals surface area contributed by atoms with Gasteiger partial charge in [-0.05, 0) is 12.1 Å². The van der Waals surface area contributed by atoms with E-state index in [1.807, 2.05) is 6.07 Å². The van der Waals surface area contributed by atoms with Crippen molar-refractivity contribution in [3.8, 4) is 28.2 Å². The van der Waals surface area contributed by atoms with Crippen molar-refractivity contribution < 1.29 is 4.52 Å². The summed E-state index contributed by atoms with van der Waals surface area (Å²) >= 11 is 1.43. The average Bonchev–Trinajstić information content (AvgIpc) is 3.09. The second-order valence-corrected chi connectivity index (χ2v) is 4.22. The number of nitriles is 1. The quantitative estimate of drug-likeness (QED) is 0.696. The van der Waals surface area contributed by atoms with Crippen LogP contribution in [0.3, 0.4) is 0 Å². The van der Waals surface area contributed by atoms with Crippen molar-refractivity contribution in [2.75, 3.05) is 0 Å². The van der Waals surface area contributed by atoms with Gasteiger partial charge in [-0.3, -0.25) is 4.98 Å². The molecule has 7 heteroatoms. The van der Waals surface area contributed by atoms with E-state index in [9.17, 15) is 0 Å². The van der Waals surface area contributed by atoms with E-state index in [-0.39, 0.29) is 0 Å². The highest BCUT2D eigenvalue weighted by molar-refractivity contribution is 7.13. The van der Waals surface area contributed by atoms with E-state index in [1.165, 1.54) is 17.5 Å².